The highest BCUT2D eigenvalue weighted by Crippen LogP contribution is 2.42. The Kier molecular flexibility index (Phi) is 2.58. The number of halogens is 1. The summed E-state index contributed by atoms with van der Waals surface area (Å²) in [7, 11) is 0. The zero-order valence-electron chi connectivity index (χ0n) is 9.26. The lowest BCUT2D eigenvalue weighted by molar-refractivity contribution is 0.169. The van der Waals surface area contributed by atoms with Crippen LogP contribution in [0.1, 0.15) is 25.7 Å². The molecule has 2 aliphatic rings. The van der Waals surface area contributed by atoms with Gasteiger partial charge in [0.2, 0.25) is 0 Å². The SMILES string of the molecule is Brc1ccc2c(c1)OCC1(CCCC1)CN2. The predicted molar refractivity (Wildman–Crippen MR) is 69.0 cm³/mol. The van der Waals surface area contributed by atoms with E-state index in [1.807, 2.05) is 0 Å². The monoisotopic (exact) mass is 281 g/mol. The molecule has 1 aromatic carbocycles. The Balaban J connectivity index is 1.86. The Labute approximate surface area is 105 Å². The first kappa shape index (κ1) is 10.5. The summed E-state index contributed by atoms with van der Waals surface area (Å²) in [5.41, 5.74) is 1.51. The van der Waals surface area contributed by atoms with Crippen LogP contribution >= 0.6 is 15.9 Å². The Morgan fingerprint density at radius 3 is 2.88 bits per heavy atom. The Morgan fingerprint density at radius 2 is 2.06 bits per heavy atom. The first-order chi connectivity index (χ1) is 7.77. The molecule has 0 aromatic heterocycles. The molecule has 2 nitrogen and oxygen atoms in total. The second kappa shape index (κ2) is 3.95. The van der Waals surface area contributed by atoms with Crippen molar-refractivity contribution in [1.29, 1.82) is 0 Å². The maximum Gasteiger partial charge on any atom is 0.143 e. The van der Waals surface area contributed by atoms with Crippen LogP contribution in [0.25, 0.3) is 0 Å². The van der Waals surface area contributed by atoms with E-state index in [0.717, 1.165) is 29.1 Å². The van der Waals surface area contributed by atoms with Crippen LogP contribution in [0.2, 0.25) is 0 Å². The van der Waals surface area contributed by atoms with Gasteiger partial charge in [-0.05, 0) is 31.0 Å². The summed E-state index contributed by atoms with van der Waals surface area (Å²) in [5, 5.41) is 3.54. The molecule has 16 heavy (non-hydrogen) atoms. The van der Waals surface area contributed by atoms with Gasteiger partial charge in [0.05, 0.1) is 12.3 Å². The summed E-state index contributed by atoms with van der Waals surface area (Å²) in [5.74, 6) is 0.984. The van der Waals surface area contributed by atoms with E-state index in [1.165, 1.54) is 25.7 Å². The zero-order valence-corrected chi connectivity index (χ0v) is 10.8. The third-order valence-corrected chi connectivity index (χ3v) is 4.29. The normalized spacial score (nSPS) is 22.1. The average Bonchev–Trinajstić information content (AvgIpc) is 2.66. The van der Waals surface area contributed by atoms with Crippen LogP contribution in [0.15, 0.2) is 22.7 Å². The molecule has 86 valence electrons. The zero-order chi connectivity index (χ0) is 11.0. The molecule has 1 saturated carbocycles. The summed E-state index contributed by atoms with van der Waals surface area (Å²) in [6, 6.07) is 6.20. The lowest BCUT2D eigenvalue weighted by atomic mass is 9.87. The molecule has 1 fully saturated rings. The summed E-state index contributed by atoms with van der Waals surface area (Å²) in [6.45, 7) is 1.92. The molecule has 1 N–H and O–H groups in total. The number of fused-ring (bicyclic) bond motifs is 1. The first-order valence-electron chi connectivity index (χ1n) is 5.94. The fourth-order valence-electron chi connectivity index (χ4n) is 2.77. The summed E-state index contributed by atoms with van der Waals surface area (Å²) < 4.78 is 7.05. The van der Waals surface area contributed by atoms with E-state index in [0.29, 0.717) is 5.41 Å². The van der Waals surface area contributed by atoms with E-state index in [-0.39, 0.29) is 0 Å². The number of anilines is 1. The number of hydrogen-bond acceptors (Lipinski definition) is 2. The number of ether oxygens (including phenoxy) is 1. The molecule has 3 rings (SSSR count). The van der Waals surface area contributed by atoms with Crippen LogP contribution in [0, 0.1) is 5.41 Å². The molecule has 0 radical (unpaired) electrons. The second-order valence-corrected chi connectivity index (χ2v) is 5.91. The molecule has 0 bridgehead atoms. The van der Waals surface area contributed by atoms with E-state index in [9.17, 15) is 0 Å². The number of rotatable bonds is 0. The molecular formula is C13H16BrNO. The minimum Gasteiger partial charge on any atom is -0.491 e. The number of nitrogens with one attached hydrogen (secondary N) is 1. The van der Waals surface area contributed by atoms with Crippen LogP contribution in [0.4, 0.5) is 5.69 Å². The number of hydrogen-bond donors (Lipinski definition) is 1. The van der Waals surface area contributed by atoms with Crippen LogP contribution in [0.5, 0.6) is 5.75 Å². The van der Waals surface area contributed by atoms with Crippen LogP contribution < -0.4 is 10.1 Å². The fraction of sp³-hybridized carbons (Fsp3) is 0.538. The molecular weight excluding hydrogens is 266 g/mol. The molecule has 0 saturated heterocycles. The Hall–Kier alpha value is -0.700. The quantitative estimate of drug-likeness (QED) is 0.781. The molecule has 1 aromatic rings. The van der Waals surface area contributed by atoms with Crippen molar-refractivity contribution in [3.8, 4) is 5.75 Å². The van der Waals surface area contributed by atoms with Gasteiger partial charge in [-0.2, -0.15) is 0 Å². The first-order valence-corrected chi connectivity index (χ1v) is 6.73. The molecule has 1 aliphatic heterocycles. The molecule has 0 unspecified atom stereocenters. The third-order valence-electron chi connectivity index (χ3n) is 3.80. The molecule has 1 aliphatic carbocycles. The fourth-order valence-corrected chi connectivity index (χ4v) is 3.11. The highest BCUT2D eigenvalue weighted by Gasteiger charge is 2.36. The van der Waals surface area contributed by atoms with Crippen molar-refractivity contribution in [2.24, 2.45) is 5.41 Å². The van der Waals surface area contributed by atoms with Crippen molar-refractivity contribution in [3.63, 3.8) is 0 Å². The minimum absolute atomic E-state index is 0.380. The van der Waals surface area contributed by atoms with Gasteiger partial charge in [-0.1, -0.05) is 28.8 Å². The third kappa shape index (κ3) is 1.81. The van der Waals surface area contributed by atoms with Crippen LogP contribution in [-0.2, 0) is 0 Å². The van der Waals surface area contributed by atoms with Gasteiger partial charge >= 0.3 is 0 Å². The number of benzene rings is 1. The Bertz CT molecular complexity index is 399. The highest BCUT2D eigenvalue weighted by molar-refractivity contribution is 9.10. The second-order valence-electron chi connectivity index (χ2n) is 4.99. The largest absolute Gasteiger partial charge is 0.491 e. The van der Waals surface area contributed by atoms with Gasteiger partial charge in [-0.15, -0.1) is 0 Å². The maximum atomic E-state index is 5.97. The minimum atomic E-state index is 0.380. The van der Waals surface area contributed by atoms with Gasteiger partial charge in [0.1, 0.15) is 5.75 Å². The van der Waals surface area contributed by atoms with Gasteiger partial charge in [0.25, 0.3) is 0 Å². The summed E-state index contributed by atoms with van der Waals surface area (Å²) >= 11 is 3.48. The topological polar surface area (TPSA) is 21.3 Å². The van der Waals surface area contributed by atoms with E-state index < -0.39 is 0 Å². The van der Waals surface area contributed by atoms with Crippen molar-refractivity contribution < 1.29 is 4.74 Å². The predicted octanol–water partition coefficient (Wildman–Crippen LogP) is 3.81. The van der Waals surface area contributed by atoms with E-state index in [1.54, 1.807) is 0 Å². The smallest absolute Gasteiger partial charge is 0.143 e. The van der Waals surface area contributed by atoms with E-state index >= 15 is 0 Å². The van der Waals surface area contributed by atoms with Crippen molar-refractivity contribution in [1.82, 2.24) is 0 Å². The van der Waals surface area contributed by atoms with Crippen LogP contribution in [0.3, 0.4) is 0 Å². The van der Waals surface area contributed by atoms with Gasteiger partial charge in [0, 0.05) is 16.4 Å². The molecule has 1 spiro atoms. The molecule has 0 amide bonds. The Morgan fingerprint density at radius 1 is 1.25 bits per heavy atom. The lowest BCUT2D eigenvalue weighted by Crippen LogP contribution is -2.30. The van der Waals surface area contributed by atoms with E-state index in [4.69, 9.17) is 4.74 Å². The van der Waals surface area contributed by atoms with Crippen molar-refractivity contribution in [3.05, 3.63) is 22.7 Å². The summed E-state index contributed by atoms with van der Waals surface area (Å²) in [4.78, 5) is 0. The molecule has 1 heterocycles. The van der Waals surface area contributed by atoms with Crippen molar-refractivity contribution >= 4 is 21.6 Å². The van der Waals surface area contributed by atoms with Crippen LogP contribution in [-0.4, -0.2) is 13.2 Å². The standard InChI is InChI=1S/C13H16BrNO/c14-10-3-4-11-12(7-10)16-9-13(8-15-11)5-1-2-6-13/h3-4,7,15H,1-2,5-6,8-9H2. The van der Waals surface area contributed by atoms with Gasteiger partial charge in [0.15, 0.2) is 0 Å². The van der Waals surface area contributed by atoms with Crippen molar-refractivity contribution in [2.75, 3.05) is 18.5 Å². The lowest BCUT2D eigenvalue weighted by Gasteiger charge is -2.25. The van der Waals surface area contributed by atoms with Gasteiger partial charge < -0.3 is 10.1 Å². The highest BCUT2D eigenvalue weighted by atomic mass is 79.9. The molecule has 0 atom stereocenters. The van der Waals surface area contributed by atoms with Gasteiger partial charge in [-0.25, -0.2) is 0 Å². The average molecular weight is 282 g/mol. The molecule has 3 heteroatoms. The van der Waals surface area contributed by atoms with Gasteiger partial charge in [-0.3, -0.25) is 0 Å². The summed E-state index contributed by atoms with van der Waals surface area (Å²) in [6.07, 6.45) is 5.31. The maximum absolute atomic E-state index is 5.97. The van der Waals surface area contributed by atoms with E-state index in [2.05, 4.69) is 39.4 Å². The van der Waals surface area contributed by atoms with Crippen molar-refractivity contribution in [2.45, 2.75) is 25.7 Å².